The van der Waals surface area contributed by atoms with Crippen molar-refractivity contribution in [1.29, 1.82) is 0 Å². The molecule has 0 unspecified atom stereocenters. The summed E-state index contributed by atoms with van der Waals surface area (Å²) in [7, 11) is 0. The Labute approximate surface area is 132 Å². The van der Waals surface area contributed by atoms with Crippen LogP contribution in [-0.4, -0.2) is 15.9 Å². The van der Waals surface area contributed by atoms with Crippen molar-refractivity contribution in [3.8, 4) is 0 Å². The van der Waals surface area contributed by atoms with Crippen LogP contribution < -0.4 is 5.32 Å². The van der Waals surface area contributed by atoms with Gasteiger partial charge in [0.15, 0.2) is 0 Å². The molecular formula is C17H14ClN3O. The highest BCUT2D eigenvalue weighted by atomic mass is 35.5. The van der Waals surface area contributed by atoms with Gasteiger partial charge >= 0.3 is 0 Å². The van der Waals surface area contributed by atoms with E-state index in [1.807, 2.05) is 48.5 Å². The highest BCUT2D eigenvalue weighted by molar-refractivity contribution is 6.32. The fourth-order valence-electron chi connectivity index (χ4n) is 2.83. The molecule has 1 aliphatic carbocycles. The van der Waals surface area contributed by atoms with Gasteiger partial charge in [-0.05, 0) is 36.6 Å². The number of hydrogen-bond donors (Lipinski definition) is 2. The van der Waals surface area contributed by atoms with Crippen molar-refractivity contribution >= 4 is 34.5 Å². The van der Waals surface area contributed by atoms with Crippen molar-refractivity contribution < 1.29 is 4.79 Å². The molecular weight excluding hydrogens is 298 g/mol. The van der Waals surface area contributed by atoms with E-state index in [1.165, 1.54) is 0 Å². The number of rotatable bonds is 3. The Kier molecular flexibility index (Phi) is 2.94. The van der Waals surface area contributed by atoms with Gasteiger partial charge in [-0.3, -0.25) is 10.1 Å². The van der Waals surface area contributed by atoms with Crippen LogP contribution in [0.1, 0.15) is 18.4 Å². The number of anilines is 1. The number of aromatic amines is 1. The van der Waals surface area contributed by atoms with E-state index in [9.17, 15) is 4.79 Å². The van der Waals surface area contributed by atoms with Gasteiger partial charge in [-0.15, -0.1) is 0 Å². The molecule has 0 bridgehead atoms. The SMILES string of the molecule is O=C(Nc1nc2ccccc2[nH]1)C1(c2ccccc2Cl)CC1. The highest BCUT2D eigenvalue weighted by Gasteiger charge is 2.52. The molecule has 3 aromatic rings. The Morgan fingerprint density at radius 1 is 1.14 bits per heavy atom. The standard InChI is InChI=1S/C17H14ClN3O/c18-12-6-2-1-5-11(12)17(9-10-17)15(22)21-16-19-13-7-3-4-8-14(13)20-16/h1-8H,9-10H2,(H2,19,20,21,22). The van der Waals surface area contributed by atoms with E-state index in [4.69, 9.17) is 11.6 Å². The first-order valence-corrected chi connectivity index (χ1v) is 7.58. The molecule has 0 radical (unpaired) electrons. The first-order chi connectivity index (χ1) is 10.7. The maximum atomic E-state index is 12.7. The number of halogens is 1. The van der Waals surface area contributed by atoms with E-state index in [0.717, 1.165) is 29.4 Å². The number of hydrogen-bond acceptors (Lipinski definition) is 2. The molecule has 2 N–H and O–H groups in total. The van der Waals surface area contributed by atoms with Crippen LogP contribution in [0.25, 0.3) is 11.0 Å². The van der Waals surface area contributed by atoms with Crippen LogP contribution in [0.15, 0.2) is 48.5 Å². The number of benzene rings is 2. The summed E-state index contributed by atoms with van der Waals surface area (Å²) in [5, 5.41) is 3.53. The summed E-state index contributed by atoms with van der Waals surface area (Å²) in [6.07, 6.45) is 1.62. The molecule has 0 saturated heterocycles. The Morgan fingerprint density at radius 3 is 2.59 bits per heavy atom. The highest BCUT2D eigenvalue weighted by Crippen LogP contribution is 2.51. The number of nitrogens with one attached hydrogen (secondary N) is 2. The minimum atomic E-state index is -0.517. The van der Waals surface area contributed by atoms with Crippen molar-refractivity contribution in [3.05, 3.63) is 59.1 Å². The van der Waals surface area contributed by atoms with Gasteiger partial charge in [-0.2, -0.15) is 0 Å². The van der Waals surface area contributed by atoms with Crippen molar-refractivity contribution in [1.82, 2.24) is 9.97 Å². The van der Waals surface area contributed by atoms with Crippen LogP contribution in [0.2, 0.25) is 5.02 Å². The van der Waals surface area contributed by atoms with Gasteiger partial charge in [0.1, 0.15) is 0 Å². The van der Waals surface area contributed by atoms with Gasteiger partial charge in [-0.1, -0.05) is 41.9 Å². The maximum absolute atomic E-state index is 12.7. The summed E-state index contributed by atoms with van der Waals surface area (Å²) in [5.41, 5.74) is 2.11. The molecule has 5 heteroatoms. The van der Waals surface area contributed by atoms with E-state index in [2.05, 4.69) is 15.3 Å². The first kappa shape index (κ1) is 13.3. The van der Waals surface area contributed by atoms with Crippen LogP contribution in [0.4, 0.5) is 5.95 Å². The Morgan fingerprint density at radius 2 is 1.86 bits per heavy atom. The summed E-state index contributed by atoms with van der Waals surface area (Å²) in [4.78, 5) is 20.2. The van der Waals surface area contributed by atoms with Crippen molar-refractivity contribution in [2.45, 2.75) is 18.3 Å². The number of H-pyrrole nitrogens is 1. The molecule has 22 heavy (non-hydrogen) atoms. The summed E-state index contributed by atoms with van der Waals surface area (Å²) in [5.74, 6) is 0.421. The van der Waals surface area contributed by atoms with Crippen molar-refractivity contribution in [2.75, 3.05) is 5.32 Å². The molecule has 1 aliphatic rings. The number of amides is 1. The van der Waals surface area contributed by atoms with Gasteiger partial charge in [0.2, 0.25) is 11.9 Å². The number of imidazole rings is 1. The second-order valence-electron chi connectivity index (χ2n) is 5.62. The van der Waals surface area contributed by atoms with Gasteiger partial charge < -0.3 is 4.98 Å². The number of carbonyl (C=O) groups excluding carboxylic acids is 1. The van der Waals surface area contributed by atoms with Gasteiger partial charge in [-0.25, -0.2) is 4.98 Å². The molecule has 1 aromatic heterocycles. The summed E-state index contributed by atoms with van der Waals surface area (Å²) < 4.78 is 0. The van der Waals surface area contributed by atoms with Crippen molar-refractivity contribution in [2.24, 2.45) is 0 Å². The minimum absolute atomic E-state index is 0.0559. The van der Waals surface area contributed by atoms with Gasteiger partial charge in [0.05, 0.1) is 16.4 Å². The lowest BCUT2D eigenvalue weighted by Crippen LogP contribution is -2.28. The van der Waals surface area contributed by atoms with Crippen molar-refractivity contribution in [3.63, 3.8) is 0 Å². The fourth-order valence-corrected chi connectivity index (χ4v) is 3.15. The van der Waals surface area contributed by atoms with Gasteiger partial charge in [0, 0.05) is 5.02 Å². The lowest BCUT2D eigenvalue weighted by atomic mass is 9.95. The zero-order chi connectivity index (χ0) is 15.2. The van der Waals surface area contributed by atoms with Crippen LogP contribution in [0, 0.1) is 0 Å². The number of fused-ring (bicyclic) bond motifs is 1. The monoisotopic (exact) mass is 311 g/mol. The van der Waals surface area contributed by atoms with Crippen LogP contribution >= 0.6 is 11.6 Å². The summed E-state index contributed by atoms with van der Waals surface area (Å²) in [6, 6.07) is 15.2. The normalized spacial score (nSPS) is 15.7. The van der Waals surface area contributed by atoms with E-state index >= 15 is 0 Å². The predicted molar refractivity (Wildman–Crippen MR) is 87.1 cm³/mol. The first-order valence-electron chi connectivity index (χ1n) is 7.20. The molecule has 4 rings (SSSR count). The van der Waals surface area contributed by atoms with Crippen LogP contribution in [0.5, 0.6) is 0 Å². The Balaban J connectivity index is 1.63. The molecule has 0 atom stereocenters. The van der Waals surface area contributed by atoms with E-state index in [0.29, 0.717) is 11.0 Å². The predicted octanol–water partition coefficient (Wildman–Crippen LogP) is 3.89. The van der Waals surface area contributed by atoms with E-state index in [-0.39, 0.29) is 5.91 Å². The van der Waals surface area contributed by atoms with Crippen LogP contribution in [-0.2, 0) is 10.2 Å². The van der Waals surface area contributed by atoms with E-state index < -0.39 is 5.41 Å². The molecule has 1 heterocycles. The Hall–Kier alpha value is -2.33. The number of nitrogens with zero attached hydrogens (tertiary/aromatic N) is 1. The third-order valence-electron chi connectivity index (χ3n) is 4.20. The third kappa shape index (κ3) is 2.07. The quantitative estimate of drug-likeness (QED) is 0.771. The number of carbonyl (C=O) groups is 1. The topological polar surface area (TPSA) is 57.8 Å². The minimum Gasteiger partial charge on any atom is -0.324 e. The maximum Gasteiger partial charge on any atom is 0.237 e. The zero-order valence-electron chi connectivity index (χ0n) is 11.8. The van der Waals surface area contributed by atoms with E-state index in [1.54, 1.807) is 0 Å². The molecule has 1 amide bonds. The van der Waals surface area contributed by atoms with Crippen LogP contribution in [0.3, 0.4) is 0 Å². The largest absolute Gasteiger partial charge is 0.324 e. The fraction of sp³-hybridized carbons (Fsp3) is 0.176. The number of aromatic nitrogens is 2. The molecule has 1 fully saturated rings. The molecule has 0 aliphatic heterocycles. The molecule has 0 spiro atoms. The van der Waals surface area contributed by atoms with Gasteiger partial charge in [0.25, 0.3) is 0 Å². The summed E-state index contributed by atoms with van der Waals surface area (Å²) in [6.45, 7) is 0. The average molecular weight is 312 g/mol. The lowest BCUT2D eigenvalue weighted by molar-refractivity contribution is -0.118. The second-order valence-corrected chi connectivity index (χ2v) is 6.03. The molecule has 1 saturated carbocycles. The number of para-hydroxylation sites is 2. The smallest absolute Gasteiger partial charge is 0.237 e. The average Bonchev–Trinajstić information content (AvgIpc) is 3.22. The summed E-state index contributed by atoms with van der Waals surface area (Å²) >= 11 is 6.26. The third-order valence-corrected chi connectivity index (χ3v) is 4.52. The Bertz CT molecular complexity index is 834. The second kappa shape index (κ2) is 4.85. The molecule has 110 valence electrons. The zero-order valence-corrected chi connectivity index (χ0v) is 12.5. The molecule has 2 aromatic carbocycles. The molecule has 4 nitrogen and oxygen atoms in total. The lowest BCUT2D eigenvalue weighted by Gasteiger charge is -2.15.